The molecule has 0 spiro atoms. The third-order valence-corrected chi connectivity index (χ3v) is 4.53. The Hall–Kier alpha value is -1.65. The molecule has 1 unspecified atom stereocenters. The predicted molar refractivity (Wildman–Crippen MR) is 75.9 cm³/mol. The maximum Gasteiger partial charge on any atom is 0.336 e. The lowest BCUT2D eigenvalue weighted by Gasteiger charge is -2.24. The minimum absolute atomic E-state index is 0.160. The van der Waals surface area contributed by atoms with Gasteiger partial charge in [-0.05, 0) is 48.9 Å². The highest BCUT2D eigenvalue weighted by Crippen LogP contribution is 2.35. The molecule has 1 heterocycles. The van der Waals surface area contributed by atoms with E-state index in [1.54, 1.807) is 12.3 Å². The zero-order chi connectivity index (χ0) is 14.2. The zero-order valence-corrected chi connectivity index (χ0v) is 11.9. The van der Waals surface area contributed by atoms with Crippen LogP contribution in [0.5, 0.6) is 0 Å². The highest BCUT2D eigenvalue weighted by molar-refractivity contribution is 7.10. The van der Waals surface area contributed by atoms with E-state index in [1.807, 2.05) is 32.0 Å². The number of thiophene rings is 1. The van der Waals surface area contributed by atoms with E-state index in [1.165, 1.54) is 17.4 Å². The number of aliphatic hydroxyl groups is 1. The third-order valence-electron chi connectivity index (χ3n) is 3.41. The van der Waals surface area contributed by atoms with Crippen LogP contribution in [0.25, 0.3) is 0 Å². The van der Waals surface area contributed by atoms with Crippen molar-refractivity contribution in [1.82, 2.24) is 0 Å². The smallest absolute Gasteiger partial charge is 0.336 e. The van der Waals surface area contributed by atoms with Gasteiger partial charge in [-0.15, -0.1) is 11.3 Å². The van der Waals surface area contributed by atoms with E-state index >= 15 is 0 Å². The minimum Gasteiger partial charge on any atom is -0.478 e. The quantitative estimate of drug-likeness (QED) is 0.904. The Morgan fingerprint density at radius 2 is 1.89 bits per heavy atom. The molecule has 0 amide bonds. The molecule has 2 N–H and O–H groups in total. The average Bonchev–Trinajstić information content (AvgIpc) is 2.82. The van der Waals surface area contributed by atoms with Gasteiger partial charge < -0.3 is 10.2 Å². The van der Waals surface area contributed by atoms with Crippen LogP contribution < -0.4 is 0 Å². The SMILES string of the molecule is Cc1ccc(C(C)(O)c2sccc2C(=O)O)cc1C. The van der Waals surface area contributed by atoms with Gasteiger partial charge in [-0.2, -0.15) is 0 Å². The summed E-state index contributed by atoms with van der Waals surface area (Å²) in [4.78, 5) is 11.6. The molecular weight excluding hydrogens is 260 g/mol. The first-order valence-electron chi connectivity index (χ1n) is 5.95. The monoisotopic (exact) mass is 276 g/mol. The van der Waals surface area contributed by atoms with Gasteiger partial charge in [0.25, 0.3) is 0 Å². The average molecular weight is 276 g/mol. The van der Waals surface area contributed by atoms with Crippen molar-refractivity contribution in [2.75, 3.05) is 0 Å². The van der Waals surface area contributed by atoms with Gasteiger partial charge in [-0.1, -0.05) is 18.2 Å². The van der Waals surface area contributed by atoms with Gasteiger partial charge in [-0.3, -0.25) is 0 Å². The summed E-state index contributed by atoms with van der Waals surface area (Å²) in [5, 5.41) is 21.6. The predicted octanol–water partition coefficient (Wildman–Crippen LogP) is 3.32. The second kappa shape index (κ2) is 4.79. The molecule has 100 valence electrons. The van der Waals surface area contributed by atoms with Crippen molar-refractivity contribution in [3.8, 4) is 0 Å². The topological polar surface area (TPSA) is 57.5 Å². The van der Waals surface area contributed by atoms with E-state index in [4.69, 9.17) is 5.11 Å². The molecule has 0 aliphatic rings. The maximum atomic E-state index is 11.2. The van der Waals surface area contributed by atoms with E-state index < -0.39 is 11.6 Å². The lowest BCUT2D eigenvalue weighted by Crippen LogP contribution is -2.24. The molecule has 2 rings (SSSR count). The van der Waals surface area contributed by atoms with Crippen LogP contribution >= 0.6 is 11.3 Å². The van der Waals surface area contributed by atoms with Crippen LogP contribution in [0, 0.1) is 13.8 Å². The summed E-state index contributed by atoms with van der Waals surface area (Å²) in [5.74, 6) is -1.01. The number of rotatable bonds is 3. The first kappa shape index (κ1) is 13.8. The van der Waals surface area contributed by atoms with Crippen molar-refractivity contribution in [3.63, 3.8) is 0 Å². The number of aryl methyl sites for hydroxylation is 2. The fourth-order valence-electron chi connectivity index (χ4n) is 2.03. The van der Waals surface area contributed by atoms with Gasteiger partial charge in [-0.25, -0.2) is 4.79 Å². The van der Waals surface area contributed by atoms with Crippen molar-refractivity contribution in [2.45, 2.75) is 26.4 Å². The number of hydrogen-bond donors (Lipinski definition) is 2. The Balaban J connectivity index is 2.54. The molecule has 0 bridgehead atoms. The first-order valence-corrected chi connectivity index (χ1v) is 6.83. The Morgan fingerprint density at radius 3 is 2.47 bits per heavy atom. The molecule has 0 radical (unpaired) electrons. The van der Waals surface area contributed by atoms with E-state index in [-0.39, 0.29) is 5.56 Å². The van der Waals surface area contributed by atoms with Crippen molar-refractivity contribution < 1.29 is 15.0 Å². The first-order chi connectivity index (χ1) is 8.84. The summed E-state index contributed by atoms with van der Waals surface area (Å²) in [6.07, 6.45) is 0. The molecule has 1 aromatic heterocycles. The maximum absolute atomic E-state index is 11.2. The molecule has 1 atom stereocenters. The van der Waals surface area contributed by atoms with E-state index in [0.29, 0.717) is 10.4 Å². The van der Waals surface area contributed by atoms with E-state index in [2.05, 4.69) is 0 Å². The standard InChI is InChI=1S/C15H16O3S/c1-9-4-5-11(8-10(9)2)15(3,18)13-12(14(16)17)6-7-19-13/h4-8,18H,1-3H3,(H,16,17). The van der Waals surface area contributed by atoms with Gasteiger partial charge in [0.15, 0.2) is 0 Å². The molecule has 4 heteroatoms. The Bertz CT molecular complexity index is 626. The van der Waals surface area contributed by atoms with E-state index in [0.717, 1.165) is 11.1 Å². The Morgan fingerprint density at radius 1 is 1.21 bits per heavy atom. The fraction of sp³-hybridized carbons (Fsp3) is 0.267. The van der Waals surface area contributed by atoms with Crippen LogP contribution in [0.4, 0.5) is 0 Å². The van der Waals surface area contributed by atoms with Gasteiger partial charge >= 0.3 is 5.97 Å². The molecule has 0 aliphatic heterocycles. The molecule has 3 nitrogen and oxygen atoms in total. The van der Waals surface area contributed by atoms with Gasteiger partial charge in [0.1, 0.15) is 5.60 Å². The van der Waals surface area contributed by atoms with Crippen LogP contribution in [0.3, 0.4) is 0 Å². The summed E-state index contributed by atoms with van der Waals surface area (Å²) >= 11 is 1.26. The number of carbonyl (C=O) groups is 1. The molecule has 0 saturated heterocycles. The highest BCUT2D eigenvalue weighted by atomic mass is 32.1. The second-order valence-electron chi connectivity index (χ2n) is 4.84. The lowest BCUT2D eigenvalue weighted by molar-refractivity contribution is 0.0674. The van der Waals surface area contributed by atoms with Crippen LogP contribution in [-0.4, -0.2) is 16.2 Å². The van der Waals surface area contributed by atoms with Crippen molar-refractivity contribution in [3.05, 3.63) is 56.8 Å². The summed E-state index contributed by atoms with van der Waals surface area (Å²) in [7, 11) is 0. The van der Waals surface area contributed by atoms with Gasteiger partial charge in [0.05, 0.1) is 10.4 Å². The molecule has 2 aromatic rings. The van der Waals surface area contributed by atoms with Crippen LogP contribution in [-0.2, 0) is 5.60 Å². The summed E-state index contributed by atoms with van der Waals surface area (Å²) in [6, 6.07) is 7.21. The molecular formula is C15H16O3S. The lowest BCUT2D eigenvalue weighted by atomic mass is 9.90. The molecule has 1 aromatic carbocycles. The Kier molecular flexibility index (Phi) is 3.47. The third kappa shape index (κ3) is 2.41. The fourth-order valence-corrected chi connectivity index (χ4v) is 3.00. The number of carboxylic acids is 1. The van der Waals surface area contributed by atoms with E-state index in [9.17, 15) is 9.90 Å². The largest absolute Gasteiger partial charge is 0.478 e. The van der Waals surface area contributed by atoms with Crippen molar-refractivity contribution >= 4 is 17.3 Å². The molecule has 0 saturated carbocycles. The van der Waals surface area contributed by atoms with Crippen LogP contribution in [0.2, 0.25) is 0 Å². The van der Waals surface area contributed by atoms with Crippen LogP contribution in [0.1, 0.15) is 38.8 Å². The number of benzene rings is 1. The molecule has 19 heavy (non-hydrogen) atoms. The molecule has 0 fully saturated rings. The van der Waals surface area contributed by atoms with Crippen molar-refractivity contribution in [2.24, 2.45) is 0 Å². The zero-order valence-electron chi connectivity index (χ0n) is 11.1. The molecule has 0 aliphatic carbocycles. The Labute approximate surface area is 116 Å². The summed E-state index contributed by atoms with van der Waals surface area (Å²) in [6.45, 7) is 5.61. The summed E-state index contributed by atoms with van der Waals surface area (Å²) < 4.78 is 0. The van der Waals surface area contributed by atoms with Crippen LogP contribution in [0.15, 0.2) is 29.6 Å². The second-order valence-corrected chi connectivity index (χ2v) is 5.76. The normalized spacial score (nSPS) is 14.1. The summed E-state index contributed by atoms with van der Waals surface area (Å²) in [5.41, 5.74) is 1.80. The minimum atomic E-state index is -1.29. The van der Waals surface area contributed by atoms with Crippen molar-refractivity contribution in [1.29, 1.82) is 0 Å². The highest BCUT2D eigenvalue weighted by Gasteiger charge is 2.31. The van der Waals surface area contributed by atoms with Gasteiger partial charge in [0, 0.05) is 0 Å². The number of hydrogen-bond acceptors (Lipinski definition) is 3. The number of carboxylic acid groups (broad SMARTS) is 1. The van der Waals surface area contributed by atoms with Gasteiger partial charge in [0.2, 0.25) is 0 Å². The number of aromatic carboxylic acids is 1.